The van der Waals surface area contributed by atoms with Gasteiger partial charge in [0.2, 0.25) is 0 Å². The summed E-state index contributed by atoms with van der Waals surface area (Å²) in [5.74, 6) is 0.567. The van der Waals surface area contributed by atoms with Crippen LogP contribution in [0.3, 0.4) is 0 Å². The number of aliphatic hydroxyl groups excluding tert-OH is 1. The Morgan fingerprint density at radius 3 is 2.26 bits per heavy atom. The third-order valence-corrected chi connectivity index (χ3v) is 3.57. The van der Waals surface area contributed by atoms with E-state index in [1.54, 1.807) is 0 Å². The summed E-state index contributed by atoms with van der Waals surface area (Å²) >= 11 is 0. The zero-order valence-corrected chi connectivity index (χ0v) is 12.6. The molecular weight excluding hydrogens is 236 g/mol. The molecule has 0 aliphatic rings. The van der Waals surface area contributed by atoms with E-state index in [1.165, 1.54) is 11.1 Å². The number of benzene rings is 1. The van der Waals surface area contributed by atoms with E-state index in [2.05, 4.69) is 57.3 Å². The number of nitrogens with one attached hydrogen (secondary N) is 1. The Labute approximate surface area is 117 Å². The molecule has 1 aromatic carbocycles. The van der Waals surface area contributed by atoms with Crippen LogP contribution in [-0.4, -0.2) is 30.8 Å². The van der Waals surface area contributed by atoms with Crippen molar-refractivity contribution in [2.45, 2.75) is 45.1 Å². The predicted octanol–water partition coefficient (Wildman–Crippen LogP) is 2.00. The van der Waals surface area contributed by atoms with E-state index in [0.717, 1.165) is 6.54 Å². The van der Waals surface area contributed by atoms with E-state index >= 15 is 0 Å². The number of hydrogen-bond acceptors (Lipinski definition) is 3. The Balaban J connectivity index is 2.61. The van der Waals surface area contributed by atoms with Gasteiger partial charge in [0, 0.05) is 24.5 Å². The minimum absolute atomic E-state index is 0.0243. The van der Waals surface area contributed by atoms with Crippen LogP contribution in [-0.2, 0) is 5.41 Å². The first-order valence-corrected chi connectivity index (χ1v) is 7.04. The van der Waals surface area contributed by atoms with Gasteiger partial charge in [-0.15, -0.1) is 0 Å². The molecule has 0 spiro atoms. The van der Waals surface area contributed by atoms with E-state index in [-0.39, 0.29) is 18.1 Å². The quantitative estimate of drug-likeness (QED) is 0.706. The highest BCUT2D eigenvalue weighted by Crippen LogP contribution is 2.24. The number of nitrogens with two attached hydrogens (primary N) is 1. The maximum atomic E-state index is 8.90. The molecule has 0 saturated heterocycles. The molecular formula is C16H28N2O. The third-order valence-electron chi connectivity index (χ3n) is 3.57. The van der Waals surface area contributed by atoms with Gasteiger partial charge in [-0.1, -0.05) is 52.0 Å². The Bertz CT molecular complexity index is 371. The van der Waals surface area contributed by atoms with Crippen molar-refractivity contribution < 1.29 is 5.11 Å². The molecule has 0 bridgehead atoms. The fraction of sp³-hybridized carbons (Fsp3) is 0.625. The molecule has 0 aliphatic heterocycles. The van der Waals surface area contributed by atoms with Crippen molar-refractivity contribution in [2.24, 2.45) is 5.73 Å². The lowest BCUT2D eigenvalue weighted by Gasteiger charge is -2.27. The van der Waals surface area contributed by atoms with Gasteiger partial charge in [0.25, 0.3) is 0 Å². The first-order chi connectivity index (χ1) is 8.86. The normalized spacial score (nSPS) is 13.8. The van der Waals surface area contributed by atoms with E-state index < -0.39 is 0 Å². The van der Waals surface area contributed by atoms with Crippen molar-refractivity contribution in [3.63, 3.8) is 0 Å². The minimum Gasteiger partial charge on any atom is -0.395 e. The summed E-state index contributed by atoms with van der Waals surface area (Å²) in [6.07, 6.45) is 0. The standard InChI is InChI=1S/C16H28N2O/c1-12(2)13-5-7-14(8-6-13)16(3,4)11-18-9-15(17)10-19/h5-8,12,15,18-19H,9-11,17H2,1-4H3. The van der Waals surface area contributed by atoms with E-state index in [4.69, 9.17) is 10.8 Å². The molecule has 108 valence electrons. The molecule has 19 heavy (non-hydrogen) atoms. The van der Waals surface area contributed by atoms with Gasteiger partial charge in [-0.2, -0.15) is 0 Å². The van der Waals surface area contributed by atoms with Crippen molar-refractivity contribution >= 4 is 0 Å². The van der Waals surface area contributed by atoms with Gasteiger partial charge in [0.05, 0.1) is 6.61 Å². The van der Waals surface area contributed by atoms with Crippen LogP contribution in [0.4, 0.5) is 0 Å². The molecule has 0 heterocycles. The van der Waals surface area contributed by atoms with Crippen LogP contribution in [0, 0.1) is 0 Å². The zero-order chi connectivity index (χ0) is 14.5. The molecule has 0 saturated carbocycles. The summed E-state index contributed by atoms with van der Waals surface area (Å²) in [7, 11) is 0. The number of hydrogen-bond donors (Lipinski definition) is 3. The molecule has 4 N–H and O–H groups in total. The Morgan fingerprint density at radius 2 is 1.79 bits per heavy atom. The average molecular weight is 264 g/mol. The minimum atomic E-state index is -0.181. The largest absolute Gasteiger partial charge is 0.395 e. The lowest BCUT2D eigenvalue weighted by Crippen LogP contribution is -2.41. The van der Waals surface area contributed by atoms with Crippen LogP contribution >= 0.6 is 0 Å². The van der Waals surface area contributed by atoms with Crippen LogP contribution < -0.4 is 11.1 Å². The molecule has 0 radical (unpaired) electrons. The highest BCUT2D eigenvalue weighted by atomic mass is 16.3. The third kappa shape index (κ3) is 4.94. The Morgan fingerprint density at radius 1 is 1.21 bits per heavy atom. The number of rotatable bonds is 7. The van der Waals surface area contributed by atoms with Gasteiger partial charge in [-0.3, -0.25) is 0 Å². The second kappa shape index (κ2) is 7.04. The van der Waals surface area contributed by atoms with Crippen LogP contribution in [0.15, 0.2) is 24.3 Å². The Kier molecular flexibility index (Phi) is 5.98. The maximum absolute atomic E-state index is 8.90. The van der Waals surface area contributed by atoms with E-state index in [1.807, 2.05) is 0 Å². The summed E-state index contributed by atoms with van der Waals surface area (Å²) in [5.41, 5.74) is 8.43. The van der Waals surface area contributed by atoms with Crippen LogP contribution in [0.1, 0.15) is 44.7 Å². The van der Waals surface area contributed by atoms with Gasteiger partial charge in [0.1, 0.15) is 0 Å². The molecule has 1 unspecified atom stereocenters. The summed E-state index contributed by atoms with van der Waals surface area (Å²) in [6, 6.07) is 8.66. The Hall–Kier alpha value is -0.900. The molecule has 0 fully saturated rings. The summed E-state index contributed by atoms with van der Waals surface area (Å²) in [5, 5.41) is 12.2. The maximum Gasteiger partial charge on any atom is 0.0594 e. The first kappa shape index (κ1) is 16.2. The molecule has 0 aliphatic carbocycles. The van der Waals surface area contributed by atoms with Crippen molar-refractivity contribution in [3.8, 4) is 0 Å². The van der Waals surface area contributed by atoms with Crippen LogP contribution in [0.25, 0.3) is 0 Å². The SMILES string of the molecule is CC(C)c1ccc(C(C)(C)CNCC(N)CO)cc1. The van der Waals surface area contributed by atoms with Gasteiger partial charge >= 0.3 is 0 Å². The van der Waals surface area contributed by atoms with Gasteiger partial charge in [0.15, 0.2) is 0 Å². The van der Waals surface area contributed by atoms with Crippen molar-refractivity contribution in [2.75, 3.05) is 19.7 Å². The lowest BCUT2D eigenvalue weighted by molar-refractivity contribution is 0.260. The van der Waals surface area contributed by atoms with Gasteiger partial charge in [-0.25, -0.2) is 0 Å². The smallest absolute Gasteiger partial charge is 0.0594 e. The van der Waals surface area contributed by atoms with E-state index in [9.17, 15) is 0 Å². The average Bonchev–Trinajstić information content (AvgIpc) is 2.38. The molecule has 3 heteroatoms. The second-order valence-corrected chi connectivity index (χ2v) is 6.23. The molecule has 0 amide bonds. The lowest BCUT2D eigenvalue weighted by atomic mass is 9.83. The second-order valence-electron chi connectivity index (χ2n) is 6.23. The zero-order valence-electron chi connectivity index (χ0n) is 12.6. The van der Waals surface area contributed by atoms with Crippen LogP contribution in [0.2, 0.25) is 0 Å². The molecule has 3 nitrogen and oxygen atoms in total. The van der Waals surface area contributed by atoms with Crippen molar-refractivity contribution in [1.29, 1.82) is 0 Å². The fourth-order valence-electron chi connectivity index (χ4n) is 2.06. The molecule has 1 rings (SSSR count). The monoisotopic (exact) mass is 264 g/mol. The highest BCUT2D eigenvalue weighted by molar-refractivity contribution is 5.29. The van der Waals surface area contributed by atoms with Crippen molar-refractivity contribution in [3.05, 3.63) is 35.4 Å². The molecule has 1 atom stereocenters. The fourth-order valence-corrected chi connectivity index (χ4v) is 2.06. The van der Waals surface area contributed by atoms with Gasteiger partial charge in [-0.05, 0) is 17.0 Å². The topological polar surface area (TPSA) is 58.3 Å². The number of aliphatic hydroxyl groups is 1. The van der Waals surface area contributed by atoms with Crippen molar-refractivity contribution in [1.82, 2.24) is 5.32 Å². The highest BCUT2D eigenvalue weighted by Gasteiger charge is 2.20. The first-order valence-electron chi connectivity index (χ1n) is 7.04. The summed E-state index contributed by atoms with van der Waals surface area (Å²) < 4.78 is 0. The van der Waals surface area contributed by atoms with Crippen LogP contribution in [0.5, 0.6) is 0 Å². The predicted molar refractivity (Wildman–Crippen MR) is 81.5 cm³/mol. The summed E-state index contributed by atoms with van der Waals surface area (Å²) in [6.45, 7) is 10.4. The van der Waals surface area contributed by atoms with E-state index in [0.29, 0.717) is 12.5 Å². The summed E-state index contributed by atoms with van der Waals surface area (Å²) in [4.78, 5) is 0. The molecule has 0 aromatic heterocycles. The molecule has 1 aromatic rings. The van der Waals surface area contributed by atoms with Gasteiger partial charge < -0.3 is 16.2 Å².